The third-order valence-corrected chi connectivity index (χ3v) is 3.96. The van der Waals surface area contributed by atoms with Crippen molar-refractivity contribution in [1.29, 1.82) is 0 Å². The predicted octanol–water partition coefficient (Wildman–Crippen LogP) is 3.11. The summed E-state index contributed by atoms with van der Waals surface area (Å²) in [6, 6.07) is 11.6. The first kappa shape index (κ1) is 18.4. The second-order valence-electron chi connectivity index (χ2n) is 5.54. The largest absolute Gasteiger partial charge is 0.486 e. The molecule has 0 bridgehead atoms. The Morgan fingerprint density at radius 3 is 2.54 bits per heavy atom. The van der Waals surface area contributed by atoms with Crippen LogP contribution >= 0.6 is 23.2 Å². The van der Waals surface area contributed by atoms with Gasteiger partial charge in [0, 0.05) is 10.0 Å². The third kappa shape index (κ3) is 4.80. The number of hydrogen-bond donors (Lipinski definition) is 1. The number of para-hydroxylation sites is 2. The molecule has 0 spiro atoms. The molecule has 0 saturated carbocycles. The minimum atomic E-state index is -0.685. The van der Waals surface area contributed by atoms with Gasteiger partial charge in [-0.3, -0.25) is 4.79 Å². The van der Waals surface area contributed by atoms with Crippen molar-refractivity contribution in [3.63, 3.8) is 0 Å². The molecule has 6 nitrogen and oxygen atoms in total. The van der Waals surface area contributed by atoms with Gasteiger partial charge < -0.3 is 19.5 Å². The fourth-order valence-corrected chi connectivity index (χ4v) is 2.85. The molecule has 1 amide bonds. The second-order valence-corrected chi connectivity index (χ2v) is 6.41. The molecule has 1 heterocycles. The van der Waals surface area contributed by atoms with Gasteiger partial charge in [-0.05, 0) is 30.3 Å². The number of nitrogens with one attached hydrogen (secondary N) is 1. The minimum Gasteiger partial charge on any atom is -0.486 e. The Bertz CT molecular complexity index is 807. The molecule has 3 rings (SSSR count). The summed E-state index contributed by atoms with van der Waals surface area (Å²) in [5.41, 5.74) is 0.177. The topological polar surface area (TPSA) is 73.9 Å². The number of hydrogen-bond acceptors (Lipinski definition) is 5. The number of fused-ring (bicyclic) bond motifs is 1. The van der Waals surface area contributed by atoms with Crippen molar-refractivity contribution in [2.45, 2.75) is 6.10 Å². The first-order valence-electron chi connectivity index (χ1n) is 7.79. The summed E-state index contributed by atoms with van der Waals surface area (Å²) >= 11 is 11.7. The van der Waals surface area contributed by atoms with Gasteiger partial charge in [0.25, 0.3) is 5.91 Å². The zero-order chi connectivity index (χ0) is 18.5. The number of ether oxygens (including phenoxy) is 3. The van der Waals surface area contributed by atoms with Gasteiger partial charge in [-0.1, -0.05) is 35.3 Å². The predicted molar refractivity (Wildman–Crippen MR) is 96.1 cm³/mol. The van der Waals surface area contributed by atoms with Gasteiger partial charge in [0.05, 0.1) is 12.1 Å². The second kappa shape index (κ2) is 8.29. The highest BCUT2D eigenvalue weighted by Crippen LogP contribution is 2.30. The average molecular weight is 396 g/mol. The molecular weight excluding hydrogens is 381 g/mol. The van der Waals surface area contributed by atoms with Crippen molar-refractivity contribution in [2.24, 2.45) is 0 Å². The van der Waals surface area contributed by atoms with Gasteiger partial charge in [0.2, 0.25) is 0 Å². The number of carbonyl (C=O) groups excluding carboxylic acids is 2. The van der Waals surface area contributed by atoms with Crippen LogP contribution in [0.4, 0.5) is 0 Å². The number of carbonyl (C=O) groups is 2. The van der Waals surface area contributed by atoms with E-state index in [0.717, 1.165) is 0 Å². The SMILES string of the molecule is O=C(COC(=O)c1cc(Cl)cc(Cl)c1)NCC1COc2ccccc2O1. The van der Waals surface area contributed by atoms with E-state index in [9.17, 15) is 9.59 Å². The van der Waals surface area contributed by atoms with Gasteiger partial charge in [-0.2, -0.15) is 0 Å². The Labute approximate surface area is 159 Å². The van der Waals surface area contributed by atoms with E-state index in [1.165, 1.54) is 18.2 Å². The molecule has 1 unspecified atom stereocenters. The molecule has 0 aromatic heterocycles. The van der Waals surface area contributed by atoms with Crippen LogP contribution in [0.3, 0.4) is 0 Å². The lowest BCUT2D eigenvalue weighted by molar-refractivity contribution is -0.124. The normalized spacial score (nSPS) is 15.2. The quantitative estimate of drug-likeness (QED) is 0.787. The Hall–Kier alpha value is -2.44. The number of halogens is 2. The van der Waals surface area contributed by atoms with E-state index in [0.29, 0.717) is 28.2 Å². The Morgan fingerprint density at radius 2 is 1.81 bits per heavy atom. The molecule has 1 N–H and O–H groups in total. The molecule has 1 aliphatic rings. The summed E-state index contributed by atoms with van der Waals surface area (Å²) in [5, 5.41) is 3.26. The van der Waals surface area contributed by atoms with Gasteiger partial charge in [-0.15, -0.1) is 0 Å². The molecule has 2 aromatic rings. The lowest BCUT2D eigenvalue weighted by Gasteiger charge is -2.26. The molecule has 0 radical (unpaired) electrons. The minimum absolute atomic E-state index is 0.177. The van der Waals surface area contributed by atoms with Crippen LogP contribution in [0.1, 0.15) is 10.4 Å². The van der Waals surface area contributed by atoms with Crippen molar-refractivity contribution >= 4 is 35.1 Å². The summed E-state index contributed by atoms with van der Waals surface area (Å²) in [4.78, 5) is 23.8. The number of benzene rings is 2. The van der Waals surface area contributed by atoms with Crippen LogP contribution in [-0.2, 0) is 9.53 Å². The number of esters is 1. The van der Waals surface area contributed by atoms with E-state index >= 15 is 0 Å². The van der Waals surface area contributed by atoms with E-state index in [2.05, 4.69) is 5.32 Å². The lowest BCUT2D eigenvalue weighted by Crippen LogP contribution is -2.42. The maximum absolute atomic E-state index is 11.9. The van der Waals surface area contributed by atoms with Crippen molar-refractivity contribution in [3.8, 4) is 11.5 Å². The molecule has 0 saturated heterocycles. The highest BCUT2D eigenvalue weighted by Gasteiger charge is 2.21. The van der Waals surface area contributed by atoms with E-state index in [-0.39, 0.29) is 18.2 Å². The standard InChI is InChI=1S/C18H15Cl2NO5/c19-12-5-11(6-13(20)7-12)18(23)25-10-17(22)21-8-14-9-24-15-3-1-2-4-16(15)26-14/h1-7,14H,8-10H2,(H,21,22). The van der Waals surface area contributed by atoms with Crippen molar-refractivity contribution < 1.29 is 23.8 Å². The van der Waals surface area contributed by atoms with Crippen LogP contribution in [-0.4, -0.2) is 37.7 Å². The molecule has 26 heavy (non-hydrogen) atoms. The van der Waals surface area contributed by atoms with Crippen molar-refractivity contribution in [2.75, 3.05) is 19.8 Å². The van der Waals surface area contributed by atoms with Crippen molar-refractivity contribution in [3.05, 3.63) is 58.1 Å². The highest BCUT2D eigenvalue weighted by molar-refractivity contribution is 6.35. The average Bonchev–Trinajstić information content (AvgIpc) is 2.63. The van der Waals surface area contributed by atoms with Gasteiger partial charge >= 0.3 is 5.97 Å². The summed E-state index contributed by atoms with van der Waals surface area (Å²) in [6.45, 7) is 0.124. The van der Waals surface area contributed by atoms with Gasteiger partial charge in [0.1, 0.15) is 12.7 Å². The van der Waals surface area contributed by atoms with E-state index in [4.69, 9.17) is 37.4 Å². The first-order valence-corrected chi connectivity index (χ1v) is 8.55. The molecule has 1 aliphatic heterocycles. The molecule has 8 heteroatoms. The Morgan fingerprint density at radius 1 is 1.12 bits per heavy atom. The molecular formula is C18H15Cl2NO5. The Kier molecular flexibility index (Phi) is 5.85. The number of amides is 1. The fraction of sp³-hybridized carbons (Fsp3) is 0.222. The van der Waals surface area contributed by atoms with Gasteiger partial charge in [-0.25, -0.2) is 4.79 Å². The van der Waals surface area contributed by atoms with E-state index in [1.807, 2.05) is 18.2 Å². The summed E-state index contributed by atoms with van der Waals surface area (Å²) in [6.07, 6.45) is -0.323. The van der Waals surface area contributed by atoms with Crippen molar-refractivity contribution in [1.82, 2.24) is 5.32 Å². The zero-order valence-electron chi connectivity index (χ0n) is 13.5. The smallest absolute Gasteiger partial charge is 0.338 e. The zero-order valence-corrected chi connectivity index (χ0v) is 15.0. The summed E-state index contributed by atoms with van der Waals surface area (Å²) < 4.78 is 16.2. The Balaban J connectivity index is 1.44. The first-order chi connectivity index (χ1) is 12.5. The molecule has 0 aliphatic carbocycles. The fourth-order valence-electron chi connectivity index (χ4n) is 2.33. The molecule has 136 valence electrons. The van der Waals surface area contributed by atoms with E-state index in [1.54, 1.807) is 6.07 Å². The molecule has 2 aromatic carbocycles. The monoisotopic (exact) mass is 395 g/mol. The van der Waals surface area contributed by atoms with Crippen LogP contribution in [0, 0.1) is 0 Å². The van der Waals surface area contributed by atoms with Crippen LogP contribution in [0.25, 0.3) is 0 Å². The highest BCUT2D eigenvalue weighted by atomic mass is 35.5. The number of rotatable bonds is 5. The van der Waals surface area contributed by atoms with Crippen LogP contribution < -0.4 is 14.8 Å². The summed E-state index contributed by atoms with van der Waals surface area (Å²) in [5.74, 6) is 0.163. The maximum Gasteiger partial charge on any atom is 0.338 e. The van der Waals surface area contributed by atoms with Gasteiger partial charge in [0.15, 0.2) is 18.1 Å². The van der Waals surface area contributed by atoms with Crippen LogP contribution in [0.15, 0.2) is 42.5 Å². The maximum atomic E-state index is 11.9. The molecule has 1 atom stereocenters. The van der Waals surface area contributed by atoms with Crippen LogP contribution in [0.2, 0.25) is 10.0 Å². The molecule has 0 fully saturated rings. The van der Waals surface area contributed by atoms with Crippen LogP contribution in [0.5, 0.6) is 11.5 Å². The van der Waals surface area contributed by atoms with E-state index < -0.39 is 18.5 Å². The summed E-state index contributed by atoms with van der Waals surface area (Å²) in [7, 11) is 0. The lowest BCUT2D eigenvalue weighted by atomic mass is 10.2. The third-order valence-electron chi connectivity index (χ3n) is 3.53.